The monoisotopic (exact) mass is 388 g/mol. The first-order chi connectivity index (χ1) is 14.1. The van der Waals surface area contributed by atoms with Crippen molar-refractivity contribution in [2.24, 2.45) is 0 Å². The lowest BCUT2D eigenvalue weighted by molar-refractivity contribution is 0.299. The van der Waals surface area contributed by atoms with Crippen LogP contribution in [0.3, 0.4) is 0 Å². The number of fused-ring (bicyclic) bond motifs is 1. The Labute approximate surface area is 168 Å². The average Bonchev–Trinajstić information content (AvgIpc) is 2.74. The summed E-state index contributed by atoms with van der Waals surface area (Å²) in [6.45, 7) is 2.39. The number of anilines is 2. The van der Waals surface area contributed by atoms with Gasteiger partial charge in [0.05, 0.1) is 18.3 Å². The lowest BCUT2D eigenvalue weighted by atomic mass is 10.1. The summed E-state index contributed by atoms with van der Waals surface area (Å²) in [6.07, 6.45) is 3.22. The maximum absolute atomic E-state index is 10.1. The van der Waals surface area contributed by atoms with Crippen LogP contribution in [0.1, 0.15) is 11.3 Å². The number of aromatic hydroxyl groups is 1. The number of aryl methyl sites for hydroxylation is 1. The summed E-state index contributed by atoms with van der Waals surface area (Å²) in [5, 5.41) is 14.1. The molecule has 2 aromatic carbocycles. The van der Waals surface area contributed by atoms with Gasteiger partial charge in [-0.15, -0.1) is 0 Å². The van der Waals surface area contributed by atoms with E-state index in [-0.39, 0.29) is 5.75 Å². The topological polar surface area (TPSA) is 89.4 Å². The molecule has 0 saturated heterocycles. The van der Waals surface area contributed by atoms with Gasteiger partial charge in [0, 0.05) is 23.3 Å². The Hall–Kier alpha value is -3.87. The normalized spacial score (nSPS) is 10.7. The highest BCUT2D eigenvalue weighted by Gasteiger charge is 2.11. The molecule has 0 saturated carbocycles. The number of pyridine rings is 1. The van der Waals surface area contributed by atoms with Crippen LogP contribution in [0, 0.1) is 6.92 Å². The lowest BCUT2D eigenvalue weighted by Gasteiger charge is -2.13. The Balaban J connectivity index is 1.55. The molecule has 4 rings (SSSR count). The number of rotatable bonds is 6. The Kier molecular flexibility index (Phi) is 5.11. The molecule has 0 aliphatic heterocycles. The second kappa shape index (κ2) is 8.02. The molecular formula is C22H20N4O3. The van der Waals surface area contributed by atoms with Crippen molar-refractivity contribution in [3.8, 4) is 17.2 Å². The van der Waals surface area contributed by atoms with E-state index in [9.17, 15) is 5.11 Å². The highest BCUT2D eigenvalue weighted by Crippen LogP contribution is 2.34. The van der Waals surface area contributed by atoms with Crippen molar-refractivity contribution in [2.45, 2.75) is 13.5 Å². The molecule has 2 N–H and O–H groups in total. The van der Waals surface area contributed by atoms with E-state index in [1.807, 2.05) is 43.3 Å². The fourth-order valence-electron chi connectivity index (χ4n) is 3.00. The summed E-state index contributed by atoms with van der Waals surface area (Å²) in [7, 11) is 1.50. The Morgan fingerprint density at radius 2 is 1.90 bits per heavy atom. The number of phenolic OH excluding ortho intramolecular Hbond substituents is 1. The number of benzene rings is 2. The van der Waals surface area contributed by atoms with Crippen molar-refractivity contribution < 1.29 is 14.6 Å². The van der Waals surface area contributed by atoms with Crippen LogP contribution in [0.5, 0.6) is 17.2 Å². The van der Waals surface area contributed by atoms with E-state index >= 15 is 0 Å². The molecule has 0 fully saturated rings. The van der Waals surface area contributed by atoms with Crippen molar-refractivity contribution in [3.63, 3.8) is 0 Å². The second-order valence-corrected chi connectivity index (χ2v) is 6.48. The molecule has 0 unspecified atom stereocenters. The predicted octanol–water partition coefficient (Wildman–Crippen LogP) is 4.37. The summed E-state index contributed by atoms with van der Waals surface area (Å²) < 4.78 is 11.0. The zero-order chi connectivity index (χ0) is 20.2. The van der Waals surface area contributed by atoms with Gasteiger partial charge >= 0.3 is 0 Å². The molecule has 29 heavy (non-hydrogen) atoms. The van der Waals surface area contributed by atoms with Crippen LogP contribution in [0.4, 0.5) is 11.5 Å². The van der Waals surface area contributed by atoms with Gasteiger partial charge in [-0.05, 0) is 48.9 Å². The minimum Gasteiger partial charge on any atom is -0.504 e. The van der Waals surface area contributed by atoms with Gasteiger partial charge in [0.15, 0.2) is 11.5 Å². The molecule has 4 aromatic rings. The molecule has 0 spiro atoms. The first kappa shape index (κ1) is 18.5. The Morgan fingerprint density at radius 3 is 2.66 bits per heavy atom. The zero-order valence-electron chi connectivity index (χ0n) is 16.1. The van der Waals surface area contributed by atoms with E-state index in [1.54, 1.807) is 18.3 Å². The molecule has 0 aliphatic carbocycles. The fraction of sp³-hybridized carbons (Fsp3) is 0.136. The molecule has 0 radical (unpaired) electrons. The first-order valence-electron chi connectivity index (χ1n) is 9.06. The molecule has 2 heterocycles. The van der Waals surface area contributed by atoms with E-state index in [0.717, 1.165) is 22.7 Å². The molecule has 146 valence electrons. The fourth-order valence-corrected chi connectivity index (χ4v) is 3.00. The third-order valence-corrected chi connectivity index (χ3v) is 4.48. The van der Waals surface area contributed by atoms with Gasteiger partial charge in [0.2, 0.25) is 0 Å². The number of nitrogens with one attached hydrogen (secondary N) is 1. The van der Waals surface area contributed by atoms with Gasteiger partial charge in [-0.25, -0.2) is 9.97 Å². The molecule has 7 heteroatoms. The molecule has 0 bridgehead atoms. The molecular weight excluding hydrogens is 368 g/mol. The van der Waals surface area contributed by atoms with Crippen LogP contribution in [-0.2, 0) is 6.61 Å². The minimum absolute atomic E-state index is 0.0345. The number of nitrogens with zero attached hydrogens (tertiary/aromatic N) is 3. The van der Waals surface area contributed by atoms with Gasteiger partial charge in [-0.1, -0.05) is 6.07 Å². The highest BCUT2D eigenvalue weighted by atomic mass is 16.5. The summed E-state index contributed by atoms with van der Waals surface area (Å²) >= 11 is 0. The third-order valence-electron chi connectivity index (χ3n) is 4.48. The largest absolute Gasteiger partial charge is 0.504 e. The molecule has 0 atom stereocenters. The van der Waals surface area contributed by atoms with Crippen LogP contribution in [-0.4, -0.2) is 27.2 Å². The van der Waals surface area contributed by atoms with Crippen LogP contribution in [0.2, 0.25) is 0 Å². The summed E-state index contributed by atoms with van der Waals surface area (Å²) in [4.78, 5) is 12.8. The maximum atomic E-state index is 10.1. The van der Waals surface area contributed by atoms with Crippen molar-refractivity contribution >= 4 is 22.4 Å². The SMILES string of the molecule is COc1cc2ncnc(Nc3ccc(OCc4ccccn4)c(C)c3)c2cc1O. The van der Waals surface area contributed by atoms with E-state index in [2.05, 4.69) is 20.3 Å². The molecule has 2 aromatic heterocycles. The van der Waals surface area contributed by atoms with Crippen molar-refractivity contribution in [3.05, 3.63) is 72.3 Å². The van der Waals surface area contributed by atoms with Crippen LogP contribution >= 0.6 is 0 Å². The van der Waals surface area contributed by atoms with Gasteiger partial charge in [-0.3, -0.25) is 4.98 Å². The molecule has 0 amide bonds. The van der Waals surface area contributed by atoms with Crippen LogP contribution in [0.25, 0.3) is 10.9 Å². The van der Waals surface area contributed by atoms with Gasteiger partial charge in [-0.2, -0.15) is 0 Å². The van der Waals surface area contributed by atoms with E-state index in [1.165, 1.54) is 13.4 Å². The van der Waals surface area contributed by atoms with Crippen molar-refractivity contribution in [1.82, 2.24) is 15.0 Å². The van der Waals surface area contributed by atoms with Gasteiger partial charge in [0.1, 0.15) is 24.5 Å². The number of methoxy groups -OCH3 is 1. The minimum atomic E-state index is 0.0345. The summed E-state index contributed by atoms with van der Waals surface area (Å²) in [5.74, 6) is 1.78. The molecule has 0 aliphatic rings. The number of ether oxygens (including phenoxy) is 2. The second-order valence-electron chi connectivity index (χ2n) is 6.48. The maximum Gasteiger partial charge on any atom is 0.162 e. The third kappa shape index (κ3) is 4.03. The van der Waals surface area contributed by atoms with Crippen molar-refractivity contribution in [2.75, 3.05) is 12.4 Å². The molecule has 7 nitrogen and oxygen atoms in total. The summed E-state index contributed by atoms with van der Waals surface area (Å²) in [6, 6.07) is 14.8. The average molecular weight is 388 g/mol. The lowest BCUT2D eigenvalue weighted by Crippen LogP contribution is -2.00. The summed E-state index contributed by atoms with van der Waals surface area (Å²) in [5.41, 5.74) is 3.37. The Bertz CT molecular complexity index is 1150. The van der Waals surface area contributed by atoms with Crippen molar-refractivity contribution in [1.29, 1.82) is 0 Å². The van der Waals surface area contributed by atoms with E-state index in [4.69, 9.17) is 9.47 Å². The van der Waals surface area contributed by atoms with Crippen LogP contribution < -0.4 is 14.8 Å². The van der Waals surface area contributed by atoms with Gasteiger partial charge in [0.25, 0.3) is 0 Å². The predicted molar refractivity (Wildman–Crippen MR) is 111 cm³/mol. The number of phenols is 1. The number of hydrogen-bond acceptors (Lipinski definition) is 7. The quantitative estimate of drug-likeness (QED) is 0.507. The van der Waals surface area contributed by atoms with Crippen LogP contribution in [0.15, 0.2) is 61.1 Å². The van der Waals surface area contributed by atoms with E-state index < -0.39 is 0 Å². The highest BCUT2D eigenvalue weighted by molar-refractivity contribution is 5.93. The number of aromatic nitrogens is 3. The van der Waals surface area contributed by atoms with Gasteiger partial charge < -0.3 is 19.9 Å². The standard InChI is InChI=1S/C22H20N4O3/c1-14-9-15(6-7-20(14)29-12-16-5-3-4-8-23-16)26-22-17-10-19(27)21(28-2)11-18(17)24-13-25-22/h3-11,13,27H,12H2,1-2H3,(H,24,25,26). The number of hydrogen-bond donors (Lipinski definition) is 2. The van der Waals surface area contributed by atoms with E-state index in [0.29, 0.717) is 29.1 Å². The zero-order valence-corrected chi connectivity index (χ0v) is 16.1. The Morgan fingerprint density at radius 1 is 1.00 bits per heavy atom. The first-order valence-corrected chi connectivity index (χ1v) is 9.06. The smallest absolute Gasteiger partial charge is 0.162 e.